The standard InChI is InChI=1S/C18H22O6/c1-3-5-10-9(4-2)8-13-11(15(19)23-17(13)21)6-7-12-14(10)18(22)24-16(12)20/h9-10,16,20H,3-8H2,1-2H3. The molecule has 3 rings (SSSR count). The molecule has 0 aromatic heterocycles. The van der Waals surface area contributed by atoms with Crippen molar-refractivity contribution in [2.24, 2.45) is 11.8 Å². The molecule has 3 atom stereocenters. The monoisotopic (exact) mass is 334 g/mol. The van der Waals surface area contributed by atoms with Gasteiger partial charge in [0, 0.05) is 22.3 Å². The lowest BCUT2D eigenvalue weighted by atomic mass is 9.76. The minimum atomic E-state index is -1.25. The normalized spacial score (nSPS) is 30.5. The molecule has 1 N–H and O–H groups in total. The minimum Gasteiger partial charge on any atom is -0.428 e. The third kappa shape index (κ3) is 2.69. The van der Waals surface area contributed by atoms with Gasteiger partial charge in [-0.05, 0) is 37.5 Å². The lowest BCUT2D eigenvalue weighted by Crippen LogP contribution is -2.22. The minimum absolute atomic E-state index is 0.0225. The van der Waals surface area contributed by atoms with Gasteiger partial charge in [0.15, 0.2) is 0 Å². The summed E-state index contributed by atoms with van der Waals surface area (Å²) < 4.78 is 9.81. The van der Waals surface area contributed by atoms with Crippen LogP contribution in [0.1, 0.15) is 52.4 Å². The SMILES string of the molecule is CCCC1C2=C(CCC3=C(CC1CC)C(=O)OC3=O)C(O)OC2=O. The average Bonchev–Trinajstić information content (AvgIpc) is 2.98. The van der Waals surface area contributed by atoms with E-state index < -0.39 is 24.2 Å². The molecule has 6 nitrogen and oxygen atoms in total. The molecule has 1 aliphatic carbocycles. The second-order valence-corrected chi connectivity index (χ2v) is 6.60. The van der Waals surface area contributed by atoms with Crippen LogP contribution in [0.2, 0.25) is 0 Å². The first kappa shape index (κ1) is 16.9. The lowest BCUT2D eigenvalue weighted by molar-refractivity contribution is -0.153. The summed E-state index contributed by atoms with van der Waals surface area (Å²) in [4.78, 5) is 36.3. The van der Waals surface area contributed by atoms with E-state index in [-0.39, 0.29) is 18.3 Å². The summed E-state index contributed by atoms with van der Waals surface area (Å²) in [6.45, 7) is 4.04. The van der Waals surface area contributed by atoms with E-state index in [9.17, 15) is 19.5 Å². The number of hydrogen-bond acceptors (Lipinski definition) is 6. The number of aliphatic hydroxyl groups excluding tert-OH is 1. The molecule has 0 aromatic rings. The second kappa shape index (κ2) is 6.51. The molecular weight excluding hydrogens is 312 g/mol. The average molecular weight is 334 g/mol. The van der Waals surface area contributed by atoms with E-state index in [2.05, 4.69) is 0 Å². The maximum absolute atomic E-state index is 12.3. The highest BCUT2D eigenvalue weighted by molar-refractivity contribution is 6.12. The van der Waals surface area contributed by atoms with Crippen LogP contribution in [0, 0.1) is 11.8 Å². The Bertz CT molecular complexity index is 656. The number of ether oxygens (including phenoxy) is 2. The zero-order chi connectivity index (χ0) is 17.4. The van der Waals surface area contributed by atoms with E-state index in [1.165, 1.54) is 0 Å². The van der Waals surface area contributed by atoms with Crippen LogP contribution in [0.25, 0.3) is 0 Å². The van der Waals surface area contributed by atoms with Gasteiger partial charge in [-0.3, -0.25) is 0 Å². The van der Waals surface area contributed by atoms with E-state index in [0.29, 0.717) is 35.1 Å². The maximum atomic E-state index is 12.3. The molecule has 0 amide bonds. The van der Waals surface area contributed by atoms with Crippen LogP contribution in [-0.4, -0.2) is 29.3 Å². The summed E-state index contributed by atoms with van der Waals surface area (Å²) >= 11 is 0. The Kier molecular flexibility index (Phi) is 4.58. The molecule has 0 spiro atoms. The molecule has 3 unspecified atom stereocenters. The molecule has 0 bridgehead atoms. The van der Waals surface area contributed by atoms with Crippen LogP contribution < -0.4 is 0 Å². The van der Waals surface area contributed by atoms with E-state index in [4.69, 9.17) is 9.47 Å². The Labute approximate surface area is 140 Å². The van der Waals surface area contributed by atoms with Gasteiger partial charge in [0.05, 0.1) is 0 Å². The fraction of sp³-hybridized carbons (Fsp3) is 0.611. The molecule has 3 aliphatic rings. The fourth-order valence-electron chi connectivity index (χ4n) is 4.08. The zero-order valence-corrected chi connectivity index (χ0v) is 14.0. The molecule has 24 heavy (non-hydrogen) atoms. The summed E-state index contributed by atoms with van der Waals surface area (Å²) in [6, 6.07) is 0. The predicted octanol–water partition coefficient (Wildman–Crippen LogP) is 2.16. The highest BCUT2D eigenvalue weighted by Gasteiger charge is 2.43. The first-order valence-electron chi connectivity index (χ1n) is 8.58. The molecule has 0 saturated heterocycles. The third-order valence-electron chi connectivity index (χ3n) is 5.30. The van der Waals surface area contributed by atoms with Gasteiger partial charge < -0.3 is 14.6 Å². The maximum Gasteiger partial charge on any atom is 0.342 e. The van der Waals surface area contributed by atoms with Gasteiger partial charge in [-0.1, -0.05) is 26.7 Å². The van der Waals surface area contributed by atoms with Gasteiger partial charge in [0.2, 0.25) is 6.29 Å². The lowest BCUT2D eigenvalue weighted by Gasteiger charge is -2.26. The van der Waals surface area contributed by atoms with Gasteiger partial charge in [0.1, 0.15) is 0 Å². The Morgan fingerprint density at radius 3 is 2.42 bits per heavy atom. The van der Waals surface area contributed by atoms with Crippen LogP contribution in [0.4, 0.5) is 0 Å². The first-order valence-corrected chi connectivity index (χ1v) is 8.58. The highest BCUT2D eigenvalue weighted by Crippen LogP contribution is 2.43. The van der Waals surface area contributed by atoms with Crippen molar-refractivity contribution in [3.05, 3.63) is 22.3 Å². The van der Waals surface area contributed by atoms with Crippen molar-refractivity contribution in [1.29, 1.82) is 0 Å². The molecule has 0 aromatic carbocycles. The number of rotatable bonds is 3. The van der Waals surface area contributed by atoms with Gasteiger partial charge >= 0.3 is 17.9 Å². The predicted molar refractivity (Wildman–Crippen MR) is 83.3 cm³/mol. The van der Waals surface area contributed by atoms with Crippen molar-refractivity contribution < 1.29 is 29.0 Å². The van der Waals surface area contributed by atoms with Gasteiger partial charge in [-0.2, -0.15) is 0 Å². The molecule has 2 aliphatic heterocycles. The van der Waals surface area contributed by atoms with Crippen molar-refractivity contribution in [1.82, 2.24) is 0 Å². The van der Waals surface area contributed by atoms with Crippen LogP contribution in [0.3, 0.4) is 0 Å². The largest absolute Gasteiger partial charge is 0.428 e. The Morgan fingerprint density at radius 2 is 1.75 bits per heavy atom. The number of cyclic esters (lactones) is 3. The number of esters is 3. The van der Waals surface area contributed by atoms with Crippen molar-refractivity contribution in [2.75, 3.05) is 0 Å². The molecule has 0 saturated carbocycles. The Balaban J connectivity index is 2.08. The topological polar surface area (TPSA) is 89.9 Å². The number of carbonyl (C=O) groups is 3. The van der Waals surface area contributed by atoms with Crippen molar-refractivity contribution in [3.63, 3.8) is 0 Å². The van der Waals surface area contributed by atoms with E-state index in [0.717, 1.165) is 19.3 Å². The molecule has 130 valence electrons. The highest BCUT2D eigenvalue weighted by atomic mass is 16.6. The van der Waals surface area contributed by atoms with Crippen LogP contribution in [0.5, 0.6) is 0 Å². The zero-order valence-electron chi connectivity index (χ0n) is 14.0. The summed E-state index contributed by atoms with van der Waals surface area (Å²) in [7, 11) is 0. The van der Waals surface area contributed by atoms with Crippen LogP contribution >= 0.6 is 0 Å². The third-order valence-corrected chi connectivity index (χ3v) is 5.30. The molecule has 6 heteroatoms. The smallest absolute Gasteiger partial charge is 0.342 e. The summed E-state index contributed by atoms with van der Waals surface area (Å²) in [5, 5.41) is 10.1. The number of hydrogen-bond donors (Lipinski definition) is 1. The number of aliphatic hydroxyl groups is 1. The first-order chi connectivity index (χ1) is 11.5. The van der Waals surface area contributed by atoms with Gasteiger partial charge in [0.25, 0.3) is 0 Å². The molecule has 0 radical (unpaired) electrons. The quantitative estimate of drug-likeness (QED) is 0.628. The molecule has 0 fully saturated rings. The Morgan fingerprint density at radius 1 is 1.04 bits per heavy atom. The fourth-order valence-corrected chi connectivity index (χ4v) is 4.08. The van der Waals surface area contributed by atoms with Gasteiger partial charge in [-0.15, -0.1) is 0 Å². The van der Waals surface area contributed by atoms with Crippen molar-refractivity contribution in [2.45, 2.75) is 58.7 Å². The summed E-state index contributed by atoms with van der Waals surface area (Å²) in [5.74, 6) is -1.69. The van der Waals surface area contributed by atoms with E-state index in [1.54, 1.807) is 0 Å². The second-order valence-electron chi connectivity index (χ2n) is 6.60. The Hall–Kier alpha value is -1.95. The number of carbonyl (C=O) groups excluding carboxylic acids is 3. The van der Waals surface area contributed by atoms with Crippen molar-refractivity contribution in [3.8, 4) is 0 Å². The van der Waals surface area contributed by atoms with Gasteiger partial charge in [-0.25, -0.2) is 14.4 Å². The van der Waals surface area contributed by atoms with E-state index >= 15 is 0 Å². The summed E-state index contributed by atoms with van der Waals surface area (Å²) in [5.41, 5.74) is 1.93. The molecular formula is C18H22O6. The van der Waals surface area contributed by atoms with E-state index in [1.807, 2.05) is 13.8 Å². The molecule has 2 heterocycles. The van der Waals surface area contributed by atoms with Crippen LogP contribution in [-0.2, 0) is 23.9 Å². The van der Waals surface area contributed by atoms with Crippen molar-refractivity contribution >= 4 is 17.9 Å². The summed E-state index contributed by atoms with van der Waals surface area (Å²) in [6.07, 6.45) is 2.16. The van der Waals surface area contributed by atoms with Crippen LogP contribution in [0.15, 0.2) is 22.3 Å².